The van der Waals surface area contributed by atoms with E-state index in [1.54, 1.807) is 12.1 Å². The number of hydrogen-bond donors (Lipinski definition) is 0. The molecule has 0 spiro atoms. The van der Waals surface area contributed by atoms with Crippen molar-refractivity contribution in [2.24, 2.45) is 0 Å². The minimum atomic E-state index is -0.411. The Hall–Kier alpha value is -2.76. The van der Waals surface area contributed by atoms with Gasteiger partial charge in [0.05, 0.1) is 12.2 Å². The zero-order chi connectivity index (χ0) is 17.6. The molecule has 0 unspecified atom stereocenters. The maximum absolute atomic E-state index is 13.7. The summed E-state index contributed by atoms with van der Waals surface area (Å²) in [6.45, 7) is 2.62. The highest BCUT2D eigenvalue weighted by Crippen LogP contribution is 2.23. The van der Waals surface area contributed by atoms with Crippen molar-refractivity contribution in [1.29, 1.82) is 0 Å². The molecule has 0 radical (unpaired) electrons. The SMILES string of the molecule is CCOc1ccc(-c2ccc(C#Cc3ccc(Cl)cc3F)cc2)cc1. The lowest BCUT2D eigenvalue weighted by atomic mass is 10.0. The second-order valence-corrected chi connectivity index (χ2v) is 5.85. The molecule has 0 aromatic heterocycles. The quantitative estimate of drug-likeness (QED) is 0.531. The van der Waals surface area contributed by atoms with Gasteiger partial charge in [0.15, 0.2) is 0 Å². The first-order valence-electron chi connectivity index (χ1n) is 7.96. The Morgan fingerprint density at radius 3 is 2.12 bits per heavy atom. The molecule has 0 aliphatic carbocycles. The van der Waals surface area contributed by atoms with Crippen LogP contribution in [0.3, 0.4) is 0 Å². The van der Waals surface area contributed by atoms with Crippen LogP contribution in [-0.2, 0) is 0 Å². The topological polar surface area (TPSA) is 9.23 Å². The van der Waals surface area contributed by atoms with Crippen molar-refractivity contribution >= 4 is 11.6 Å². The molecule has 0 aliphatic rings. The van der Waals surface area contributed by atoms with E-state index in [0.717, 1.165) is 22.4 Å². The van der Waals surface area contributed by atoms with Gasteiger partial charge in [0, 0.05) is 10.6 Å². The van der Waals surface area contributed by atoms with E-state index in [4.69, 9.17) is 16.3 Å². The van der Waals surface area contributed by atoms with Crippen molar-refractivity contribution in [3.05, 3.63) is 88.7 Å². The predicted molar refractivity (Wildman–Crippen MR) is 100 cm³/mol. The number of halogens is 2. The Morgan fingerprint density at radius 1 is 0.880 bits per heavy atom. The van der Waals surface area contributed by atoms with Crippen LogP contribution < -0.4 is 4.74 Å². The van der Waals surface area contributed by atoms with Crippen LogP contribution in [0.4, 0.5) is 4.39 Å². The van der Waals surface area contributed by atoms with Crippen LogP contribution in [0.15, 0.2) is 66.7 Å². The van der Waals surface area contributed by atoms with Gasteiger partial charge in [-0.25, -0.2) is 4.39 Å². The number of rotatable bonds is 3. The summed E-state index contributed by atoms with van der Waals surface area (Å²) in [6, 6.07) is 20.3. The van der Waals surface area contributed by atoms with E-state index in [1.165, 1.54) is 6.07 Å². The van der Waals surface area contributed by atoms with Crippen LogP contribution in [0, 0.1) is 17.7 Å². The lowest BCUT2D eigenvalue weighted by molar-refractivity contribution is 0.340. The number of hydrogen-bond acceptors (Lipinski definition) is 1. The third kappa shape index (κ3) is 4.41. The Bertz CT molecular complexity index is 919. The summed E-state index contributed by atoms with van der Waals surface area (Å²) in [4.78, 5) is 0. The molecule has 0 heterocycles. The van der Waals surface area contributed by atoms with E-state index in [2.05, 4.69) is 11.8 Å². The monoisotopic (exact) mass is 350 g/mol. The molecule has 3 heteroatoms. The molecule has 3 aromatic carbocycles. The second kappa shape index (κ2) is 7.88. The summed E-state index contributed by atoms with van der Waals surface area (Å²) < 4.78 is 19.2. The molecule has 0 N–H and O–H groups in total. The first-order chi connectivity index (χ1) is 12.2. The van der Waals surface area contributed by atoms with Crippen LogP contribution in [-0.4, -0.2) is 6.61 Å². The largest absolute Gasteiger partial charge is 0.494 e. The highest BCUT2D eigenvalue weighted by Gasteiger charge is 2.00. The highest BCUT2D eigenvalue weighted by atomic mass is 35.5. The average Bonchev–Trinajstić information content (AvgIpc) is 2.62. The highest BCUT2D eigenvalue weighted by molar-refractivity contribution is 6.30. The van der Waals surface area contributed by atoms with Gasteiger partial charge in [-0.15, -0.1) is 0 Å². The lowest BCUT2D eigenvalue weighted by Crippen LogP contribution is -1.90. The fourth-order valence-corrected chi connectivity index (χ4v) is 2.55. The van der Waals surface area contributed by atoms with Crippen LogP contribution in [0.2, 0.25) is 5.02 Å². The van der Waals surface area contributed by atoms with Gasteiger partial charge < -0.3 is 4.74 Å². The molecule has 0 saturated carbocycles. The molecule has 124 valence electrons. The Balaban J connectivity index is 1.77. The standard InChI is InChI=1S/C22H16ClFO/c1-2-25-21-13-10-18(11-14-21)17-6-3-16(4-7-17)5-8-19-9-12-20(23)15-22(19)24/h3-4,6-7,9-15H,2H2,1H3. The maximum atomic E-state index is 13.7. The van der Waals surface area contributed by atoms with Crippen LogP contribution in [0.25, 0.3) is 11.1 Å². The van der Waals surface area contributed by atoms with Crippen molar-refractivity contribution in [2.45, 2.75) is 6.92 Å². The van der Waals surface area contributed by atoms with E-state index in [9.17, 15) is 4.39 Å². The van der Waals surface area contributed by atoms with Crippen molar-refractivity contribution in [3.8, 4) is 28.7 Å². The number of ether oxygens (including phenoxy) is 1. The molecule has 0 saturated heterocycles. The molecule has 0 fully saturated rings. The predicted octanol–water partition coefficient (Wildman–Crippen LogP) is 5.94. The zero-order valence-electron chi connectivity index (χ0n) is 13.7. The fraction of sp³-hybridized carbons (Fsp3) is 0.0909. The maximum Gasteiger partial charge on any atom is 0.140 e. The van der Waals surface area contributed by atoms with Gasteiger partial charge in [0.1, 0.15) is 11.6 Å². The van der Waals surface area contributed by atoms with Crippen molar-refractivity contribution in [2.75, 3.05) is 6.61 Å². The first kappa shape index (κ1) is 17.1. The Kier molecular flexibility index (Phi) is 5.38. The second-order valence-electron chi connectivity index (χ2n) is 5.41. The fourth-order valence-electron chi connectivity index (χ4n) is 2.39. The molecule has 0 amide bonds. The first-order valence-corrected chi connectivity index (χ1v) is 8.34. The Labute approximate surface area is 152 Å². The van der Waals surface area contributed by atoms with Crippen LogP contribution in [0.5, 0.6) is 5.75 Å². The van der Waals surface area contributed by atoms with E-state index in [0.29, 0.717) is 17.2 Å². The third-order valence-corrected chi connectivity index (χ3v) is 3.89. The molecule has 3 rings (SSSR count). The summed E-state index contributed by atoms with van der Waals surface area (Å²) in [6.07, 6.45) is 0. The molecular formula is C22H16ClFO. The average molecular weight is 351 g/mol. The van der Waals surface area contributed by atoms with Gasteiger partial charge in [-0.3, -0.25) is 0 Å². The van der Waals surface area contributed by atoms with Crippen LogP contribution >= 0.6 is 11.6 Å². The van der Waals surface area contributed by atoms with Gasteiger partial charge in [0.25, 0.3) is 0 Å². The minimum absolute atomic E-state index is 0.333. The Morgan fingerprint density at radius 2 is 1.52 bits per heavy atom. The van der Waals surface area contributed by atoms with E-state index in [1.807, 2.05) is 55.5 Å². The summed E-state index contributed by atoms with van der Waals surface area (Å²) in [5.74, 6) is 6.26. The van der Waals surface area contributed by atoms with Gasteiger partial charge in [0.2, 0.25) is 0 Å². The molecule has 3 aromatic rings. The summed E-state index contributed by atoms with van der Waals surface area (Å²) >= 11 is 5.74. The molecule has 25 heavy (non-hydrogen) atoms. The third-order valence-electron chi connectivity index (χ3n) is 3.66. The van der Waals surface area contributed by atoms with Gasteiger partial charge >= 0.3 is 0 Å². The minimum Gasteiger partial charge on any atom is -0.494 e. The van der Waals surface area contributed by atoms with E-state index < -0.39 is 5.82 Å². The summed E-state index contributed by atoms with van der Waals surface area (Å²) in [5.41, 5.74) is 3.35. The van der Waals surface area contributed by atoms with Crippen molar-refractivity contribution < 1.29 is 9.13 Å². The summed E-state index contributed by atoms with van der Waals surface area (Å²) in [7, 11) is 0. The van der Waals surface area contributed by atoms with Crippen molar-refractivity contribution in [3.63, 3.8) is 0 Å². The number of benzene rings is 3. The van der Waals surface area contributed by atoms with E-state index in [-0.39, 0.29) is 0 Å². The molecule has 0 atom stereocenters. The molecular weight excluding hydrogens is 335 g/mol. The lowest BCUT2D eigenvalue weighted by Gasteiger charge is -2.05. The molecule has 0 bridgehead atoms. The van der Waals surface area contributed by atoms with Crippen molar-refractivity contribution in [1.82, 2.24) is 0 Å². The molecule has 0 aliphatic heterocycles. The molecule has 1 nitrogen and oxygen atoms in total. The van der Waals surface area contributed by atoms with E-state index >= 15 is 0 Å². The van der Waals surface area contributed by atoms with Gasteiger partial charge in [-0.1, -0.05) is 47.7 Å². The zero-order valence-corrected chi connectivity index (χ0v) is 14.5. The smallest absolute Gasteiger partial charge is 0.140 e. The normalized spacial score (nSPS) is 10.0. The van der Waals surface area contributed by atoms with Crippen LogP contribution in [0.1, 0.15) is 18.1 Å². The van der Waals surface area contributed by atoms with Gasteiger partial charge in [-0.05, 0) is 60.5 Å². The summed E-state index contributed by atoms with van der Waals surface area (Å²) in [5, 5.41) is 0.364. The van der Waals surface area contributed by atoms with Gasteiger partial charge in [-0.2, -0.15) is 0 Å².